The SMILES string of the molecule is COCCC(=O)N1CCN(C(=O)c2cc(OC)cc(OC)c2)CC1. The highest BCUT2D eigenvalue weighted by Crippen LogP contribution is 2.23. The van der Waals surface area contributed by atoms with E-state index < -0.39 is 0 Å². The second-order valence-electron chi connectivity index (χ2n) is 5.52. The zero-order valence-corrected chi connectivity index (χ0v) is 14.4. The van der Waals surface area contributed by atoms with Crippen molar-refractivity contribution in [1.82, 2.24) is 9.80 Å². The number of rotatable bonds is 6. The fraction of sp³-hybridized carbons (Fsp3) is 0.529. The third-order valence-electron chi connectivity index (χ3n) is 4.04. The summed E-state index contributed by atoms with van der Waals surface area (Å²) in [5.74, 6) is 1.13. The van der Waals surface area contributed by atoms with E-state index in [1.807, 2.05) is 0 Å². The number of amides is 2. The lowest BCUT2D eigenvalue weighted by Crippen LogP contribution is -2.50. The van der Waals surface area contributed by atoms with Crippen LogP contribution in [0.5, 0.6) is 11.5 Å². The lowest BCUT2D eigenvalue weighted by atomic mass is 10.1. The van der Waals surface area contributed by atoms with Gasteiger partial charge in [0.25, 0.3) is 5.91 Å². The van der Waals surface area contributed by atoms with Crippen LogP contribution in [0.25, 0.3) is 0 Å². The van der Waals surface area contributed by atoms with Crippen LogP contribution in [0, 0.1) is 0 Å². The molecule has 1 fully saturated rings. The minimum atomic E-state index is -0.0869. The van der Waals surface area contributed by atoms with Crippen LogP contribution < -0.4 is 9.47 Å². The first-order valence-electron chi connectivity index (χ1n) is 7.88. The van der Waals surface area contributed by atoms with Crippen LogP contribution >= 0.6 is 0 Å². The summed E-state index contributed by atoms with van der Waals surface area (Å²) in [5, 5.41) is 0. The molecule has 0 aromatic heterocycles. The molecule has 0 saturated carbocycles. The molecule has 7 nitrogen and oxygen atoms in total. The molecule has 2 amide bonds. The molecule has 0 spiro atoms. The molecule has 0 N–H and O–H groups in total. The Morgan fingerprint density at radius 3 is 1.96 bits per heavy atom. The van der Waals surface area contributed by atoms with Crippen molar-refractivity contribution in [3.05, 3.63) is 23.8 Å². The van der Waals surface area contributed by atoms with Crippen molar-refractivity contribution in [3.63, 3.8) is 0 Å². The normalized spacial score (nSPS) is 14.5. The molecule has 1 aliphatic rings. The highest BCUT2D eigenvalue weighted by molar-refractivity contribution is 5.95. The lowest BCUT2D eigenvalue weighted by molar-refractivity contribution is -0.133. The maximum atomic E-state index is 12.7. The first-order chi connectivity index (χ1) is 11.6. The standard InChI is InChI=1S/C17H24N2O5/c1-22-9-4-16(20)18-5-7-19(8-6-18)17(21)13-10-14(23-2)12-15(11-13)24-3/h10-12H,4-9H2,1-3H3. The second-order valence-corrected chi connectivity index (χ2v) is 5.52. The number of hydrogen-bond donors (Lipinski definition) is 0. The fourth-order valence-corrected chi connectivity index (χ4v) is 2.62. The molecule has 1 saturated heterocycles. The van der Waals surface area contributed by atoms with E-state index in [0.717, 1.165) is 0 Å². The Morgan fingerprint density at radius 1 is 0.917 bits per heavy atom. The highest BCUT2D eigenvalue weighted by Gasteiger charge is 2.25. The molecule has 0 radical (unpaired) electrons. The number of carbonyl (C=O) groups is 2. The first kappa shape index (κ1) is 18.1. The van der Waals surface area contributed by atoms with Gasteiger partial charge in [-0.25, -0.2) is 0 Å². The van der Waals surface area contributed by atoms with E-state index in [4.69, 9.17) is 14.2 Å². The third kappa shape index (κ3) is 4.38. The van der Waals surface area contributed by atoms with Gasteiger partial charge < -0.3 is 24.0 Å². The molecule has 2 rings (SSSR count). The predicted molar refractivity (Wildman–Crippen MR) is 88.5 cm³/mol. The minimum Gasteiger partial charge on any atom is -0.497 e. The van der Waals surface area contributed by atoms with Crippen molar-refractivity contribution < 1.29 is 23.8 Å². The zero-order valence-electron chi connectivity index (χ0n) is 14.4. The fourth-order valence-electron chi connectivity index (χ4n) is 2.62. The Bertz CT molecular complexity index is 560. The van der Waals surface area contributed by atoms with Crippen LogP contribution in [0.15, 0.2) is 18.2 Å². The van der Waals surface area contributed by atoms with Crippen LogP contribution in [-0.2, 0) is 9.53 Å². The molecule has 0 aliphatic carbocycles. The molecule has 7 heteroatoms. The topological polar surface area (TPSA) is 68.3 Å². The van der Waals surface area contributed by atoms with Gasteiger partial charge in [-0.15, -0.1) is 0 Å². The minimum absolute atomic E-state index is 0.0620. The van der Waals surface area contributed by atoms with Crippen molar-refractivity contribution in [2.24, 2.45) is 0 Å². The first-order valence-corrected chi connectivity index (χ1v) is 7.88. The van der Waals surface area contributed by atoms with Crippen LogP contribution in [0.3, 0.4) is 0 Å². The molecular formula is C17H24N2O5. The second kappa shape index (κ2) is 8.54. The number of benzene rings is 1. The van der Waals surface area contributed by atoms with Crippen molar-refractivity contribution in [2.75, 3.05) is 54.1 Å². The number of piperazine rings is 1. The Kier molecular flexibility index (Phi) is 6.43. The van der Waals surface area contributed by atoms with E-state index in [1.165, 1.54) is 0 Å². The number of ether oxygens (including phenoxy) is 3. The molecule has 0 unspecified atom stereocenters. The number of hydrogen-bond acceptors (Lipinski definition) is 5. The Hall–Kier alpha value is -2.28. The van der Waals surface area contributed by atoms with Crippen LogP contribution in [0.1, 0.15) is 16.8 Å². The third-order valence-corrected chi connectivity index (χ3v) is 4.04. The van der Waals surface area contributed by atoms with Gasteiger partial charge in [0.1, 0.15) is 11.5 Å². The van der Waals surface area contributed by atoms with E-state index in [1.54, 1.807) is 49.3 Å². The number of methoxy groups -OCH3 is 3. The van der Waals surface area contributed by atoms with E-state index in [0.29, 0.717) is 56.3 Å². The van der Waals surface area contributed by atoms with Gasteiger partial charge in [-0.05, 0) is 12.1 Å². The average Bonchev–Trinajstić information content (AvgIpc) is 2.65. The number of carbonyl (C=O) groups excluding carboxylic acids is 2. The summed E-state index contributed by atoms with van der Waals surface area (Å²) >= 11 is 0. The molecule has 1 heterocycles. The quantitative estimate of drug-likeness (QED) is 0.776. The average molecular weight is 336 g/mol. The Balaban J connectivity index is 1.99. The van der Waals surface area contributed by atoms with Gasteiger partial charge in [0.15, 0.2) is 0 Å². The van der Waals surface area contributed by atoms with Gasteiger partial charge in [0.2, 0.25) is 5.91 Å². The highest BCUT2D eigenvalue weighted by atomic mass is 16.5. The summed E-state index contributed by atoms with van der Waals surface area (Å²) in [4.78, 5) is 28.2. The summed E-state index contributed by atoms with van der Waals surface area (Å²) in [6.45, 7) is 2.51. The molecule has 0 atom stereocenters. The molecule has 24 heavy (non-hydrogen) atoms. The van der Waals surface area contributed by atoms with Gasteiger partial charge in [0.05, 0.1) is 27.2 Å². The maximum Gasteiger partial charge on any atom is 0.254 e. The van der Waals surface area contributed by atoms with Crippen molar-refractivity contribution >= 4 is 11.8 Å². The summed E-state index contributed by atoms with van der Waals surface area (Å²) in [7, 11) is 4.67. The smallest absolute Gasteiger partial charge is 0.254 e. The summed E-state index contributed by atoms with van der Waals surface area (Å²) < 4.78 is 15.3. The molecule has 1 aliphatic heterocycles. The largest absolute Gasteiger partial charge is 0.497 e. The Labute approximate surface area is 142 Å². The van der Waals surface area contributed by atoms with Crippen molar-refractivity contribution in [1.29, 1.82) is 0 Å². The van der Waals surface area contributed by atoms with Crippen LogP contribution in [0.4, 0.5) is 0 Å². The number of nitrogens with zero attached hydrogens (tertiary/aromatic N) is 2. The van der Waals surface area contributed by atoms with Gasteiger partial charge in [0, 0.05) is 44.9 Å². The van der Waals surface area contributed by atoms with Gasteiger partial charge in [-0.3, -0.25) is 9.59 Å². The van der Waals surface area contributed by atoms with Crippen molar-refractivity contribution in [2.45, 2.75) is 6.42 Å². The predicted octanol–water partition coefficient (Wildman–Crippen LogP) is 1.02. The summed E-state index contributed by atoms with van der Waals surface area (Å²) in [5.41, 5.74) is 0.519. The zero-order chi connectivity index (χ0) is 17.5. The van der Waals surface area contributed by atoms with Gasteiger partial charge in [-0.1, -0.05) is 0 Å². The van der Waals surface area contributed by atoms with E-state index >= 15 is 0 Å². The molecule has 1 aromatic carbocycles. The maximum absolute atomic E-state index is 12.7. The van der Waals surface area contributed by atoms with E-state index in [-0.39, 0.29) is 11.8 Å². The molecule has 1 aromatic rings. The van der Waals surface area contributed by atoms with Gasteiger partial charge in [-0.2, -0.15) is 0 Å². The van der Waals surface area contributed by atoms with E-state index in [2.05, 4.69) is 0 Å². The van der Waals surface area contributed by atoms with Crippen LogP contribution in [0.2, 0.25) is 0 Å². The Morgan fingerprint density at radius 2 is 1.46 bits per heavy atom. The summed E-state index contributed by atoms with van der Waals surface area (Å²) in [6, 6.07) is 5.12. The summed E-state index contributed by atoms with van der Waals surface area (Å²) in [6.07, 6.45) is 0.373. The lowest BCUT2D eigenvalue weighted by Gasteiger charge is -2.35. The molecule has 132 valence electrons. The van der Waals surface area contributed by atoms with Gasteiger partial charge >= 0.3 is 0 Å². The van der Waals surface area contributed by atoms with E-state index in [9.17, 15) is 9.59 Å². The molecule has 0 bridgehead atoms. The monoisotopic (exact) mass is 336 g/mol. The molecular weight excluding hydrogens is 312 g/mol. The van der Waals surface area contributed by atoms with Crippen LogP contribution in [-0.4, -0.2) is 75.7 Å². The van der Waals surface area contributed by atoms with Crippen molar-refractivity contribution in [3.8, 4) is 11.5 Å².